The number of nitrogens with zero attached hydrogens (tertiary/aromatic N) is 2. The second kappa shape index (κ2) is 11.5. The smallest absolute Gasteiger partial charge is 0.355 e. The fourth-order valence-electron chi connectivity index (χ4n) is 6.20. The highest BCUT2D eigenvalue weighted by molar-refractivity contribution is 6.18. The van der Waals surface area contributed by atoms with Gasteiger partial charge >= 0.3 is 11.9 Å². The first kappa shape index (κ1) is 29.0. The predicted molar refractivity (Wildman–Crippen MR) is 176 cm³/mol. The summed E-state index contributed by atoms with van der Waals surface area (Å²) in [6, 6.07) is 28.6. The second-order valence-electron chi connectivity index (χ2n) is 11.5. The van der Waals surface area contributed by atoms with Gasteiger partial charge in [0.05, 0.1) is 14.2 Å². The van der Waals surface area contributed by atoms with Crippen LogP contribution >= 0.6 is 0 Å². The van der Waals surface area contributed by atoms with Crippen LogP contribution in [0.4, 0.5) is 0 Å². The quantitative estimate of drug-likeness (QED) is 0.178. The maximum Gasteiger partial charge on any atom is 0.355 e. The Bertz CT molecular complexity index is 1900. The summed E-state index contributed by atoms with van der Waals surface area (Å²) in [5, 5.41) is 1.76. The van der Waals surface area contributed by atoms with Gasteiger partial charge in [-0.1, -0.05) is 60.7 Å². The number of benzene rings is 4. The van der Waals surface area contributed by atoms with Crippen LogP contribution in [0.1, 0.15) is 54.4 Å². The summed E-state index contributed by atoms with van der Waals surface area (Å²) in [7, 11) is 2.81. The lowest BCUT2D eigenvalue weighted by Crippen LogP contribution is -2.15. The van der Waals surface area contributed by atoms with Crippen molar-refractivity contribution in [3.05, 3.63) is 130 Å². The van der Waals surface area contributed by atoms with Crippen molar-refractivity contribution in [1.82, 2.24) is 9.13 Å². The number of ether oxygens (including phenoxy) is 2. The minimum Gasteiger partial charge on any atom is -0.464 e. The summed E-state index contributed by atoms with van der Waals surface area (Å²) in [4.78, 5) is 27.8. The lowest BCUT2D eigenvalue weighted by atomic mass is 9.95. The molecule has 0 spiro atoms. The van der Waals surface area contributed by atoms with E-state index in [1.165, 1.54) is 14.2 Å². The maximum absolute atomic E-state index is 13.9. The van der Waals surface area contributed by atoms with Gasteiger partial charge in [0, 0.05) is 46.0 Å². The van der Waals surface area contributed by atoms with Gasteiger partial charge < -0.3 is 18.6 Å². The minimum absolute atomic E-state index is 0.401. The Balaban J connectivity index is 1.80. The van der Waals surface area contributed by atoms with Gasteiger partial charge in [-0.05, 0) is 85.3 Å². The Labute approximate surface area is 257 Å². The van der Waals surface area contributed by atoms with E-state index < -0.39 is 11.9 Å². The Hall–Kier alpha value is -5.10. The van der Waals surface area contributed by atoms with E-state index in [-0.39, 0.29) is 0 Å². The lowest BCUT2D eigenvalue weighted by molar-refractivity contribution is 0.0579. The maximum atomic E-state index is 13.9. The van der Waals surface area contributed by atoms with E-state index in [4.69, 9.17) is 9.47 Å². The molecule has 6 nitrogen and oxygen atoms in total. The minimum atomic E-state index is -0.467. The molecule has 0 N–H and O–H groups in total. The zero-order valence-electron chi connectivity index (χ0n) is 26.0. The summed E-state index contributed by atoms with van der Waals surface area (Å²) >= 11 is 0. The highest BCUT2D eigenvalue weighted by Gasteiger charge is 2.33. The Morgan fingerprint density at radius 2 is 0.886 bits per heavy atom. The molecule has 6 rings (SSSR count). The van der Waals surface area contributed by atoms with Gasteiger partial charge in [-0.25, -0.2) is 9.59 Å². The molecule has 2 heterocycles. The molecule has 0 unspecified atom stereocenters. The summed E-state index contributed by atoms with van der Waals surface area (Å²) in [5.41, 5.74) is 10.4. The Morgan fingerprint density at radius 1 is 0.545 bits per heavy atom. The number of aromatic nitrogens is 2. The first-order valence-corrected chi connectivity index (χ1v) is 14.7. The molecule has 44 heavy (non-hydrogen) atoms. The van der Waals surface area contributed by atoms with Crippen LogP contribution in [0.2, 0.25) is 0 Å². The fourth-order valence-corrected chi connectivity index (χ4v) is 6.20. The van der Waals surface area contributed by atoms with Gasteiger partial charge in [0.2, 0.25) is 0 Å². The van der Waals surface area contributed by atoms with E-state index in [9.17, 15) is 9.59 Å². The van der Waals surface area contributed by atoms with E-state index in [0.717, 1.165) is 55.2 Å². The van der Waals surface area contributed by atoms with Crippen molar-refractivity contribution in [3.8, 4) is 11.1 Å². The largest absolute Gasteiger partial charge is 0.464 e. The van der Waals surface area contributed by atoms with Crippen molar-refractivity contribution in [3.63, 3.8) is 0 Å². The summed E-state index contributed by atoms with van der Waals surface area (Å²) in [5.74, 6) is -0.933. The van der Waals surface area contributed by atoms with Crippen LogP contribution in [0.5, 0.6) is 0 Å². The monoisotopic (exact) mass is 584 g/mol. The fraction of sp³-hybridized carbons (Fsp3) is 0.211. The number of carbonyl (C=O) groups excluding carboxylic acids is 2. The van der Waals surface area contributed by atoms with Crippen LogP contribution in [0, 0.1) is 27.7 Å². The van der Waals surface area contributed by atoms with Gasteiger partial charge in [-0.2, -0.15) is 0 Å². The molecule has 0 radical (unpaired) electrons. The molecular weight excluding hydrogens is 548 g/mol. The molecule has 6 heteroatoms. The van der Waals surface area contributed by atoms with Crippen LogP contribution in [0.3, 0.4) is 0 Å². The van der Waals surface area contributed by atoms with E-state index in [1.54, 1.807) is 0 Å². The number of hydrogen-bond acceptors (Lipinski definition) is 4. The average molecular weight is 585 g/mol. The van der Waals surface area contributed by atoms with Crippen molar-refractivity contribution in [2.45, 2.75) is 40.8 Å². The third-order valence-corrected chi connectivity index (χ3v) is 8.73. The Kier molecular flexibility index (Phi) is 7.60. The molecule has 0 amide bonds. The van der Waals surface area contributed by atoms with Gasteiger partial charge in [0.1, 0.15) is 11.4 Å². The number of aryl methyl sites for hydroxylation is 4. The van der Waals surface area contributed by atoms with Gasteiger partial charge in [-0.3, -0.25) is 0 Å². The third-order valence-electron chi connectivity index (χ3n) is 8.73. The molecule has 0 aliphatic carbocycles. The molecular formula is C38H36N2O4. The predicted octanol–water partition coefficient (Wildman–Crippen LogP) is 8.17. The molecule has 0 saturated heterocycles. The molecule has 0 atom stereocenters. The summed E-state index contributed by atoms with van der Waals surface area (Å²) in [6.45, 7) is 9.20. The lowest BCUT2D eigenvalue weighted by Gasteiger charge is -2.13. The first-order chi connectivity index (χ1) is 21.2. The van der Waals surface area contributed by atoms with E-state index >= 15 is 0 Å². The number of esters is 2. The highest BCUT2D eigenvalue weighted by atomic mass is 16.5. The number of carbonyl (C=O) groups is 2. The molecule has 222 valence electrons. The molecule has 0 saturated carbocycles. The third kappa shape index (κ3) is 4.86. The van der Waals surface area contributed by atoms with E-state index in [0.29, 0.717) is 35.6 Å². The molecule has 0 aliphatic heterocycles. The SMILES string of the molecule is COC(=O)c1c(-c2c(C(=O)OC)n(Cc3ccccc3)c3cc(C)c(C)cc23)c2cc(C)c(C)cc2n1Cc1ccccc1. The highest BCUT2D eigenvalue weighted by Crippen LogP contribution is 2.44. The van der Waals surface area contributed by atoms with Crippen LogP contribution in [-0.4, -0.2) is 35.3 Å². The van der Waals surface area contributed by atoms with Gasteiger partial charge in [-0.15, -0.1) is 0 Å². The zero-order chi connectivity index (χ0) is 31.1. The molecule has 0 aliphatic rings. The zero-order valence-corrected chi connectivity index (χ0v) is 26.0. The average Bonchev–Trinajstić information content (AvgIpc) is 3.48. The van der Waals surface area contributed by atoms with Crippen molar-refractivity contribution >= 4 is 33.7 Å². The molecule has 0 bridgehead atoms. The topological polar surface area (TPSA) is 62.5 Å². The van der Waals surface area contributed by atoms with Crippen LogP contribution in [-0.2, 0) is 22.6 Å². The van der Waals surface area contributed by atoms with Crippen molar-refractivity contribution in [2.75, 3.05) is 14.2 Å². The number of methoxy groups -OCH3 is 2. The van der Waals surface area contributed by atoms with E-state index in [1.807, 2.05) is 69.8 Å². The van der Waals surface area contributed by atoms with Gasteiger partial charge in [0.25, 0.3) is 0 Å². The van der Waals surface area contributed by atoms with Crippen LogP contribution in [0.25, 0.3) is 32.9 Å². The first-order valence-electron chi connectivity index (χ1n) is 14.7. The number of fused-ring (bicyclic) bond motifs is 2. The number of rotatable bonds is 7. The van der Waals surface area contributed by atoms with Crippen molar-refractivity contribution < 1.29 is 19.1 Å². The molecule has 4 aromatic carbocycles. The molecule has 6 aromatic rings. The van der Waals surface area contributed by atoms with Gasteiger partial charge in [0.15, 0.2) is 0 Å². The second-order valence-corrected chi connectivity index (χ2v) is 11.5. The van der Waals surface area contributed by atoms with Crippen molar-refractivity contribution in [2.24, 2.45) is 0 Å². The van der Waals surface area contributed by atoms with Crippen LogP contribution < -0.4 is 0 Å². The Morgan fingerprint density at radius 3 is 1.23 bits per heavy atom. The number of hydrogen-bond donors (Lipinski definition) is 0. The summed E-state index contributed by atoms with van der Waals surface area (Å²) < 4.78 is 15.0. The van der Waals surface area contributed by atoms with E-state index in [2.05, 4.69) is 52.0 Å². The summed E-state index contributed by atoms with van der Waals surface area (Å²) in [6.07, 6.45) is 0. The molecule has 2 aromatic heterocycles. The standard InChI is InChI=1S/C38H36N2O4/c1-23-17-29-31(19-25(23)3)39(21-27-13-9-7-10-14-27)35(37(41)43-5)33(29)34-30-18-24(2)26(4)20-32(30)40(36(34)38(42)44-6)22-28-15-11-8-12-16-28/h7-20H,21-22H2,1-6H3. The van der Waals surface area contributed by atoms with Crippen LogP contribution in [0.15, 0.2) is 84.9 Å². The van der Waals surface area contributed by atoms with Crippen molar-refractivity contribution in [1.29, 1.82) is 0 Å². The molecule has 0 fully saturated rings. The normalized spacial score (nSPS) is 11.3.